The van der Waals surface area contributed by atoms with Gasteiger partial charge in [-0.25, -0.2) is 31.1 Å². The lowest BCUT2D eigenvalue weighted by Crippen LogP contribution is -2.29. The van der Waals surface area contributed by atoms with Crippen molar-refractivity contribution < 1.29 is 66.5 Å². The van der Waals surface area contributed by atoms with E-state index in [1.807, 2.05) is 6.92 Å². The Bertz CT molecular complexity index is 2010. The van der Waals surface area contributed by atoms with Gasteiger partial charge < -0.3 is 4.74 Å². The summed E-state index contributed by atoms with van der Waals surface area (Å²) in [6.07, 6.45) is -14.6. The van der Waals surface area contributed by atoms with Crippen molar-refractivity contribution in [1.29, 1.82) is 0 Å². The lowest BCUT2D eigenvalue weighted by molar-refractivity contribution is -0.432. The van der Waals surface area contributed by atoms with Gasteiger partial charge in [-0.1, -0.05) is 49.7 Å². The lowest BCUT2D eigenvalue weighted by atomic mass is 9.97. The summed E-state index contributed by atoms with van der Waals surface area (Å²) in [5.74, 6) is -12.0. The number of ether oxygens (including phenoxy) is 2. The number of halogens is 13. The Kier molecular flexibility index (Phi) is 9.36. The van der Waals surface area contributed by atoms with Crippen LogP contribution in [0.2, 0.25) is 0 Å². The third-order valence-corrected chi connectivity index (χ3v) is 7.28. The molecule has 15 heteroatoms. The fraction of sp³-hybridized carbons (Fsp3) is 0.176. The molecule has 0 saturated carbocycles. The maximum absolute atomic E-state index is 15.3. The number of hydrogen-bond donors (Lipinski definition) is 0. The van der Waals surface area contributed by atoms with E-state index in [9.17, 15) is 39.5 Å². The molecule has 5 rings (SSSR count). The molecule has 0 aliphatic carbocycles. The fourth-order valence-corrected chi connectivity index (χ4v) is 5.21. The largest absolute Gasteiger partial charge is 0.527 e. The molecule has 5 aromatic carbocycles. The number of alkyl halides is 7. The van der Waals surface area contributed by atoms with Gasteiger partial charge in [-0.3, -0.25) is 0 Å². The van der Waals surface area contributed by atoms with E-state index in [1.54, 1.807) is 24.3 Å². The summed E-state index contributed by atoms with van der Waals surface area (Å²) in [5, 5.41) is 0.775. The van der Waals surface area contributed by atoms with Crippen LogP contribution in [0, 0.1) is 34.9 Å². The van der Waals surface area contributed by atoms with Gasteiger partial charge in [-0.2, -0.15) is 17.6 Å². The fourth-order valence-electron chi connectivity index (χ4n) is 5.21. The molecule has 0 atom stereocenters. The molecule has 0 bridgehead atoms. The molecule has 5 aromatic rings. The van der Waals surface area contributed by atoms with Gasteiger partial charge in [0.15, 0.2) is 0 Å². The van der Waals surface area contributed by atoms with Crippen LogP contribution in [0.1, 0.15) is 30.0 Å². The van der Waals surface area contributed by atoms with Crippen molar-refractivity contribution in [2.45, 2.75) is 38.3 Å². The van der Waals surface area contributed by atoms with Crippen LogP contribution in [0.3, 0.4) is 0 Å². The second kappa shape index (κ2) is 12.9. The smallest absolute Gasteiger partial charge is 0.429 e. The van der Waals surface area contributed by atoms with E-state index in [0.29, 0.717) is 17.5 Å². The molecular weight excluding hydrogens is 687 g/mol. The van der Waals surface area contributed by atoms with Gasteiger partial charge in [-0.05, 0) is 52.8 Å². The van der Waals surface area contributed by atoms with Gasteiger partial charge >= 0.3 is 18.6 Å². The number of benzene rings is 5. The Morgan fingerprint density at radius 1 is 0.592 bits per heavy atom. The molecule has 0 N–H and O–H groups in total. The number of aryl methyl sites for hydroxylation is 1. The van der Waals surface area contributed by atoms with E-state index in [1.165, 1.54) is 6.07 Å². The summed E-state index contributed by atoms with van der Waals surface area (Å²) in [6.45, 7) is 1.98. The van der Waals surface area contributed by atoms with Crippen LogP contribution in [0.15, 0.2) is 72.8 Å². The van der Waals surface area contributed by atoms with E-state index in [0.717, 1.165) is 24.5 Å². The van der Waals surface area contributed by atoms with Crippen LogP contribution in [0.25, 0.3) is 33.0 Å². The first-order valence-corrected chi connectivity index (χ1v) is 14.0. The maximum atomic E-state index is 15.3. The van der Waals surface area contributed by atoms with Gasteiger partial charge in [-0.15, -0.1) is 13.2 Å². The zero-order valence-corrected chi connectivity index (χ0v) is 24.6. The monoisotopic (exact) mass is 706 g/mol. The van der Waals surface area contributed by atoms with E-state index in [4.69, 9.17) is 0 Å². The van der Waals surface area contributed by atoms with Gasteiger partial charge in [0.25, 0.3) is 0 Å². The molecule has 2 nitrogen and oxygen atoms in total. The van der Waals surface area contributed by atoms with Crippen LogP contribution in [-0.2, 0) is 23.4 Å². The third-order valence-electron chi connectivity index (χ3n) is 7.28. The van der Waals surface area contributed by atoms with Crippen molar-refractivity contribution in [2.24, 2.45) is 0 Å². The van der Waals surface area contributed by atoms with Crippen molar-refractivity contribution in [3.8, 4) is 28.0 Å². The van der Waals surface area contributed by atoms with Crippen molar-refractivity contribution in [3.63, 3.8) is 0 Å². The molecule has 0 radical (unpaired) electrons. The zero-order valence-electron chi connectivity index (χ0n) is 24.6. The molecule has 258 valence electrons. The quantitative estimate of drug-likeness (QED) is 0.142. The minimum Gasteiger partial charge on any atom is -0.429 e. The molecule has 0 aliphatic heterocycles. The van der Waals surface area contributed by atoms with Crippen LogP contribution in [0.4, 0.5) is 57.1 Å². The molecule has 0 saturated heterocycles. The molecule has 0 aliphatic rings. The normalized spacial score (nSPS) is 12.5. The Morgan fingerprint density at radius 3 is 1.78 bits per heavy atom. The molecule has 0 fully saturated rings. The van der Waals surface area contributed by atoms with Crippen molar-refractivity contribution in [3.05, 3.63) is 124 Å². The van der Waals surface area contributed by atoms with Gasteiger partial charge in [0.1, 0.15) is 46.2 Å². The highest BCUT2D eigenvalue weighted by atomic mass is 19.4. The topological polar surface area (TPSA) is 18.5 Å². The van der Waals surface area contributed by atoms with Crippen molar-refractivity contribution in [1.82, 2.24) is 0 Å². The van der Waals surface area contributed by atoms with Crippen LogP contribution in [0.5, 0.6) is 5.75 Å². The van der Waals surface area contributed by atoms with Crippen LogP contribution in [-0.4, -0.2) is 6.36 Å². The summed E-state index contributed by atoms with van der Waals surface area (Å²) >= 11 is 0. The van der Waals surface area contributed by atoms with E-state index in [2.05, 4.69) is 9.47 Å². The first kappa shape index (κ1) is 35.5. The Morgan fingerprint density at radius 2 is 1.20 bits per heavy atom. The average molecular weight is 706 g/mol. The minimum absolute atomic E-state index is 0.0973. The lowest BCUT2D eigenvalue weighted by Gasteiger charge is -2.21. The van der Waals surface area contributed by atoms with Crippen LogP contribution < -0.4 is 4.74 Å². The maximum Gasteiger partial charge on any atom is 0.527 e. The van der Waals surface area contributed by atoms with E-state index in [-0.39, 0.29) is 40.8 Å². The van der Waals surface area contributed by atoms with E-state index < -0.39 is 81.5 Å². The molecular formula is C34H19F13O2. The van der Waals surface area contributed by atoms with Crippen molar-refractivity contribution in [2.75, 3.05) is 0 Å². The summed E-state index contributed by atoms with van der Waals surface area (Å²) in [7, 11) is 0. The standard InChI is InChI=1S/C34H19F13O2/c1-2-3-16-4-7-21-17(10-16)5-8-22(31(21)40)18-6-9-23(24(35)11-18)32(41,42)48-20-14-25(36)29(26(37)15-20)19-12-27(38)30(28(39)13-19)33(43,44)49-34(45,46)47/h4-15H,2-3H2,1H3. The van der Waals surface area contributed by atoms with Gasteiger partial charge in [0.05, 0.1) is 11.1 Å². The number of rotatable bonds is 9. The highest BCUT2D eigenvalue weighted by Crippen LogP contribution is 2.42. The first-order chi connectivity index (χ1) is 22.8. The Labute approximate surface area is 268 Å². The van der Waals surface area contributed by atoms with E-state index >= 15 is 17.6 Å². The molecule has 0 amide bonds. The highest BCUT2D eigenvalue weighted by Gasteiger charge is 2.49. The summed E-state index contributed by atoms with van der Waals surface area (Å²) in [4.78, 5) is 0. The van der Waals surface area contributed by atoms with Crippen LogP contribution >= 0.6 is 0 Å². The third kappa shape index (κ3) is 7.31. The van der Waals surface area contributed by atoms with Crippen molar-refractivity contribution >= 4 is 10.8 Å². The molecule has 0 aromatic heterocycles. The predicted octanol–water partition coefficient (Wildman–Crippen LogP) is 11.7. The molecule has 49 heavy (non-hydrogen) atoms. The average Bonchev–Trinajstić information content (AvgIpc) is 2.95. The summed E-state index contributed by atoms with van der Waals surface area (Å²) in [6, 6.07) is 10.0. The SMILES string of the molecule is CCCc1ccc2c(F)c(-c3ccc(C(F)(F)Oc4cc(F)c(-c5cc(F)c(C(F)(F)OC(F)(F)F)c(F)c5)c(F)c4)c(F)c3)ccc2c1. The minimum atomic E-state index is -6.03. The number of hydrogen-bond acceptors (Lipinski definition) is 2. The highest BCUT2D eigenvalue weighted by molar-refractivity contribution is 5.88. The van der Waals surface area contributed by atoms with Gasteiger partial charge in [0, 0.05) is 23.1 Å². The Hall–Kier alpha value is -4.79. The predicted molar refractivity (Wildman–Crippen MR) is 151 cm³/mol. The summed E-state index contributed by atoms with van der Waals surface area (Å²) < 4.78 is 190. The molecule has 0 heterocycles. The number of fused-ring (bicyclic) bond motifs is 1. The second-order valence-electron chi connectivity index (χ2n) is 10.7. The zero-order chi connectivity index (χ0) is 36.1. The molecule has 0 spiro atoms. The second-order valence-corrected chi connectivity index (χ2v) is 10.7. The first-order valence-electron chi connectivity index (χ1n) is 14.0. The molecule has 0 unspecified atom stereocenters. The van der Waals surface area contributed by atoms with Gasteiger partial charge in [0.2, 0.25) is 0 Å². The Balaban J connectivity index is 1.41. The summed E-state index contributed by atoms with van der Waals surface area (Å²) in [5.41, 5.74) is -5.73.